The summed E-state index contributed by atoms with van der Waals surface area (Å²) < 4.78 is 30.7. The second-order valence-electron chi connectivity index (χ2n) is 3.60. The highest BCUT2D eigenvalue weighted by Crippen LogP contribution is 2.17. The molecule has 0 spiro atoms. The zero-order valence-electron chi connectivity index (χ0n) is 9.50. The molecule has 0 aliphatic rings. The van der Waals surface area contributed by atoms with Crippen LogP contribution in [0.5, 0.6) is 0 Å². The van der Waals surface area contributed by atoms with E-state index < -0.39 is 29.3 Å². The minimum absolute atomic E-state index is 0.0180. The average molecular weight is 242 g/mol. The lowest BCUT2D eigenvalue weighted by Crippen LogP contribution is -2.26. The second-order valence-corrected chi connectivity index (χ2v) is 3.60. The van der Waals surface area contributed by atoms with Crippen molar-refractivity contribution in [1.82, 2.24) is 0 Å². The molecule has 3 nitrogen and oxygen atoms in total. The van der Waals surface area contributed by atoms with Crippen LogP contribution in [-0.4, -0.2) is 18.9 Å². The molecular weight excluding hydrogens is 230 g/mol. The predicted molar refractivity (Wildman–Crippen MR) is 56.2 cm³/mol. The van der Waals surface area contributed by atoms with Crippen LogP contribution in [0.4, 0.5) is 8.78 Å². The number of hydrogen-bond acceptors (Lipinski definition) is 3. The molecule has 0 radical (unpaired) electrons. The summed E-state index contributed by atoms with van der Waals surface area (Å²) >= 11 is 0. The van der Waals surface area contributed by atoms with E-state index in [2.05, 4.69) is 4.74 Å². The Morgan fingerprint density at radius 3 is 2.53 bits per heavy atom. The highest BCUT2D eigenvalue weighted by molar-refractivity contribution is 5.97. The van der Waals surface area contributed by atoms with Gasteiger partial charge in [-0.05, 0) is 25.0 Å². The van der Waals surface area contributed by atoms with Crippen LogP contribution in [0.25, 0.3) is 0 Å². The van der Waals surface area contributed by atoms with E-state index in [4.69, 9.17) is 0 Å². The third-order valence-electron chi connectivity index (χ3n) is 2.43. The molecule has 17 heavy (non-hydrogen) atoms. The van der Waals surface area contributed by atoms with E-state index in [0.29, 0.717) is 0 Å². The number of benzene rings is 1. The van der Waals surface area contributed by atoms with Crippen LogP contribution in [0.3, 0.4) is 0 Å². The van der Waals surface area contributed by atoms with Gasteiger partial charge in [-0.1, -0.05) is 12.1 Å². The maximum absolute atomic E-state index is 13.4. The van der Waals surface area contributed by atoms with E-state index in [9.17, 15) is 18.4 Å². The Bertz CT molecular complexity index is 443. The lowest BCUT2D eigenvalue weighted by Gasteiger charge is -2.11. The van der Waals surface area contributed by atoms with Crippen molar-refractivity contribution in [3.63, 3.8) is 0 Å². The Hall–Kier alpha value is -1.78. The number of hydrogen-bond donors (Lipinski definition) is 0. The lowest BCUT2D eigenvalue weighted by molar-refractivity contribution is -0.148. The summed E-state index contributed by atoms with van der Waals surface area (Å²) in [6.45, 7) is 1.21. The number of esters is 1. The van der Waals surface area contributed by atoms with Crippen LogP contribution >= 0.6 is 0 Å². The van der Waals surface area contributed by atoms with Crippen molar-refractivity contribution >= 4 is 11.8 Å². The molecule has 0 saturated carbocycles. The van der Waals surface area contributed by atoms with E-state index in [1.54, 1.807) is 0 Å². The van der Waals surface area contributed by atoms with E-state index in [1.165, 1.54) is 19.1 Å². The van der Waals surface area contributed by atoms with Crippen molar-refractivity contribution in [2.75, 3.05) is 7.11 Å². The molecule has 1 aromatic carbocycles. The van der Waals surface area contributed by atoms with E-state index in [0.717, 1.165) is 13.2 Å². The lowest BCUT2D eigenvalue weighted by atomic mass is 9.95. The minimum atomic E-state index is -1.10. The summed E-state index contributed by atoms with van der Waals surface area (Å²) in [5, 5.41) is 0. The first-order chi connectivity index (χ1) is 7.97. The number of halogens is 2. The molecule has 1 rings (SSSR count). The average Bonchev–Trinajstić information content (AvgIpc) is 2.29. The van der Waals surface area contributed by atoms with Gasteiger partial charge in [-0.15, -0.1) is 0 Å². The Morgan fingerprint density at radius 2 is 2.00 bits per heavy atom. The highest BCUT2D eigenvalue weighted by atomic mass is 19.2. The molecule has 0 aliphatic heterocycles. The number of carbonyl (C=O) groups is 2. The van der Waals surface area contributed by atoms with Crippen LogP contribution < -0.4 is 0 Å². The van der Waals surface area contributed by atoms with Gasteiger partial charge in [-0.3, -0.25) is 9.59 Å². The third-order valence-corrected chi connectivity index (χ3v) is 2.43. The number of ether oxygens (including phenoxy) is 1. The maximum Gasteiger partial charge on any atom is 0.316 e. The smallest absolute Gasteiger partial charge is 0.316 e. The van der Waals surface area contributed by atoms with E-state index in [1.807, 2.05) is 0 Å². The van der Waals surface area contributed by atoms with Crippen LogP contribution in [0.1, 0.15) is 12.5 Å². The standard InChI is InChI=1S/C12H12F2O3/c1-7(15)9(12(16)17-2)6-8-4-3-5-10(13)11(8)14/h3-5,9H,6H2,1-2H3. The predicted octanol–water partition coefficient (Wildman–Crippen LogP) is 1.89. The van der Waals surface area contributed by atoms with E-state index >= 15 is 0 Å². The largest absolute Gasteiger partial charge is 0.468 e. The van der Waals surface area contributed by atoms with E-state index in [-0.39, 0.29) is 12.0 Å². The van der Waals surface area contributed by atoms with Crippen molar-refractivity contribution in [3.8, 4) is 0 Å². The second kappa shape index (κ2) is 5.52. The molecule has 1 unspecified atom stereocenters. The first-order valence-electron chi connectivity index (χ1n) is 4.98. The van der Waals surface area contributed by atoms with Gasteiger partial charge in [0.25, 0.3) is 0 Å². The molecule has 1 atom stereocenters. The number of rotatable bonds is 4. The molecule has 0 fully saturated rings. The van der Waals surface area contributed by atoms with Gasteiger partial charge in [0.15, 0.2) is 11.6 Å². The third kappa shape index (κ3) is 3.09. The number of carbonyl (C=O) groups excluding carboxylic acids is 2. The Morgan fingerprint density at radius 1 is 1.35 bits per heavy atom. The van der Waals surface area contributed by atoms with Gasteiger partial charge in [0.05, 0.1) is 7.11 Å². The fraction of sp³-hybridized carbons (Fsp3) is 0.333. The molecule has 5 heteroatoms. The summed E-state index contributed by atoms with van der Waals surface area (Å²) in [5.74, 6) is -4.34. The molecular formula is C12H12F2O3. The van der Waals surface area contributed by atoms with Gasteiger partial charge < -0.3 is 4.74 Å². The number of ketones is 1. The molecule has 0 saturated heterocycles. The molecule has 0 heterocycles. The molecule has 0 aromatic heterocycles. The van der Waals surface area contributed by atoms with Gasteiger partial charge in [0.2, 0.25) is 0 Å². The first kappa shape index (κ1) is 13.3. The molecule has 92 valence electrons. The molecule has 0 aliphatic carbocycles. The summed E-state index contributed by atoms with van der Waals surface area (Å²) in [6.07, 6.45) is -0.203. The quantitative estimate of drug-likeness (QED) is 0.598. The van der Waals surface area contributed by atoms with Crippen molar-refractivity contribution in [3.05, 3.63) is 35.4 Å². The van der Waals surface area contributed by atoms with Gasteiger partial charge >= 0.3 is 5.97 Å². The van der Waals surface area contributed by atoms with Crippen molar-refractivity contribution in [1.29, 1.82) is 0 Å². The van der Waals surface area contributed by atoms with Crippen LogP contribution in [-0.2, 0) is 20.7 Å². The topological polar surface area (TPSA) is 43.4 Å². The Labute approximate surface area is 97.4 Å². The summed E-state index contributed by atoms with van der Waals surface area (Å²) in [7, 11) is 1.14. The van der Waals surface area contributed by atoms with Crippen LogP contribution in [0.15, 0.2) is 18.2 Å². The maximum atomic E-state index is 13.4. The van der Waals surface area contributed by atoms with Crippen molar-refractivity contribution in [2.24, 2.45) is 5.92 Å². The zero-order chi connectivity index (χ0) is 13.0. The summed E-state index contributed by atoms with van der Waals surface area (Å²) in [5.41, 5.74) is -0.0180. The van der Waals surface area contributed by atoms with Gasteiger partial charge in [0, 0.05) is 0 Å². The highest BCUT2D eigenvalue weighted by Gasteiger charge is 2.26. The normalized spacial score (nSPS) is 12.0. The van der Waals surface area contributed by atoms with Gasteiger partial charge in [-0.25, -0.2) is 8.78 Å². The Kier molecular flexibility index (Phi) is 4.31. The van der Waals surface area contributed by atoms with Gasteiger partial charge in [-0.2, -0.15) is 0 Å². The molecule has 0 N–H and O–H groups in total. The number of Topliss-reactive ketones (excluding diaryl/α,β-unsaturated/α-hetero) is 1. The zero-order valence-corrected chi connectivity index (χ0v) is 9.50. The van der Waals surface area contributed by atoms with Crippen molar-refractivity contribution < 1.29 is 23.1 Å². The minimum Gasteiger partial charge on any atom is -0.468 e. The Balaban J connectivity index is 2.98. The number of methoxy groups -OCH3 is 1. The molecule has 0 amide bonds. The first-order valence-corrected chi connectivity index (χ1v) is 4.98. The van der Waals surface area contributed by atoms with Crippen molar-refractivity contribution in [2.45, 2.75) is 13.3 Å². The fourth-order valence-corrected chi connectivity index (χ4v) is 1.46. The van der Waals surface area contributed by atoms with Crippen LogP contribution in [0.2, 0.25) is 0 Å². The molecule has 1 aromatic rings. The fourth-order valence-electron chi connectivity index (χ4n) is 1.46. The summed E-state index contributed by atoms with van der Waals surface area (Å²) in [4.78, 5) is 22.5. The monoisotopic (exact) mass is 242 g/mol. The summed E-state index contributed by atoms with van der Waals surface area (Å²) in [6, 6.07) is 3.62. The van der Waals surface area contributed by atoms with Crippen LogP contribution in [0, 0.1) is 17.6 Å². The molecule has 0 bridgehead atoms. The van der Waals surface area contributed by atoms with Gasteiger partial charge in [0.1, 0.15) is 11.7 Å². The SMILES string of the molecule is COC(=O)C(Cc1cccc(F)c1F)C(C)=O.